The molecule has 1 aliphatic carbocycles. The van der Waals surface area contributed by atoms with E-state index in [0.29, 0.717) is 39.9 Å². The number of rotatable bonds is 4. The van der Waals surface area contributed by atoms with E-state index in [1.54, 1.807) is 12.1 Å². The van der Waals surface area contributed by atoms with Gasteiger partial charge in [-0.3, -0.25) is 4.79 Å². The monoisotopic (exact) mass is 432 g/mol. The molecule has 154 valence electrons. The van der Waals surface area contributed by atoms with Gasteiger partial charge in [0.15, 0.2) is 17.7 Å². The molecule has 3 heterocycles. The van der Waals surface area contributed by atoms with Crippen LogP contribution in [0.5, 0.6) is 0 Å². The summed E-state index contributed by atoms with van der Waals surface area (Å²) < 4.78 is 50.1. The molecular formula is C20H15F3N4O2S. The summed E-state index contributed by atoms with van der Waals surface area (Å²) in [6.45, 7) is 1.85. The molecule has 1 aromatic carbocycles. The second-order valence-electron chi connectivity index (χ2n) is 7.37. The number of benzene rings is 1. The Hall–Kier alpha value is -3.01. The minimum atomic E-state index is -4.50. The number of aromatic nitrogens is 3. The topological polar surface area (TPSA) is 80.9 Å². The highest BCUT2D eigenvalue weighted by Gasteiger charge is 2.50. The van der Waals surface area contributed by atoms with Crippen LogP contribution in [0.25, 0.3) is 32.6 Å². The molecule has 1 aliphatic rings. The molecule has 1 atom stereocenters. The van der Waals surface area contributed by atoms with Gasteiger partial charge in [0.2, 0.25) is 0 Å². The molecule has 0 bridgehead atoms. The summed E-state index contributed by atoms with van der Waals surface area (Å²) in [6, 6.07) is 5.37. The molecule has 1 amide bonds. The van der Waals surface area contributed by atoms with E-state index in [2.05, 4.69) is 19.7 Å². The number of hydrogen-bond donors (Lipinski definition) is 1. The van der Waals surface area contributed by atoms with Crippen LogP contribution in [0.15, 0.2) is 35.1 Å². The first-order valence-corrected chi connectivity index (χ1v) is 10.1. The van der Waals surface area contributed by atoms with Gasteiger partial charge in [-0.25, -0.2) is 9.97 Å². The summed E-state index contributed by atoms with van der Waals surface area (Å²) in [5.41, 5.74) is 3.46. The fourth-order valence-corrected chi connectivity index (χ4v) is 4.34. The smallest absolute Gasteiger partial charge is 0.408 e. The highest BCUT2D eigenvalue weighted by atomic mass is 32.1. The van der Waals surface area contributed by atoms with Crippen molar-refractivity contribution in [3.8, 4) is 11.3 Å². The standard InChI is InChI=1S/C20H15F3N4O2S/c1-9-7-12(11-3-2-4-13-14(11)24-8-29-13)25-15-16(27-30-17(9)15)19(28)26-18(10-5-6-10)20(21,22)23/h2-4,7-8,10,18H,5-6H2,1H3,(H,26,28). The summed E-state index contributed by atoms with van der Waals surface area (Å²) in [6.07, 6.45) is -2.27. The second-order valence-corrected chi connectivity index (χ2v) is 8.14. The van der Waals surface area contributed by atoms with Crippen molar-refractivity contribution >= 4 is 38.8 Å². The highest BCUT2D eigenvalue weighted by Crippen LogP contribution is 2.40. The molecule has 1 N–H and O–H groups in total. The second kappa shape index (κ2) is 6.76. The Morgan fingerprint density at radius 1 is 1.30 bits per heavy atom. The molecule has 1 saturated carbocycles. The molecule has 3 aromatic heterocycles. The summed E-state index contributed by atoms with van der Waals surface area (Å²) >= 11 is 1.05. The predicted octanol–water partition coefficient (Wildman–Crippen LogP) is 4.88. The zero-order chi connectivity index (χ0) is 21.0. The Morgan fingerprint density at radius 2 is 2.10 bits per heavy atom. The van der Waals surface area contributed by atoms with E-state index in [0.717, 1.165) is 17.1 Å². The molecule has 1 unspecified atom stereocenters. The number of carbonyl (C=O) groups excluding carboxylic acids is 1. The first-order chi connectivity index (χ1) is 14.3. The molecule has 0 saturated heterocycles. The van der Waals surface area contributed by atoms with Gasteiger partial charge in [-0.2, -0.15) is 17.5 Å². The number of oxazole rings is 1. The third-order valence-electron chi connectivity index (χ3n) is 5.20. The molecule has 6 nitrogen and oxygen atoms in total. The van der Waals surface area contributed by atoms with Gasteiger partial charge in [0, 0.05) is 5.56 Å². The van der Waals surface area contributed by atoms with Crippen LogP contribution in [0.3, 0.4) is 0 Å². The Morgan fingerprint density at radius 3 is 2.83 bits per heavy atom. The average Bonchev–Trinajstić information content (AvgIpc) is 3.23. The van der Waals surface area contributed by atoms with Crippen LogP contribution in [0, 0.1) is 12.8 Å². The number of nitrogens with zero attached hydrogens (tertiary/aromatic N) is 3. The van der Waals surface area contributed by atoms with Gasteiger partial charge in [-0.1, -0.05) is 12.1 Å². The number of halogens is 3. The van der Waals surface area contributed by atoms with Crippen molar-refractivity contribution in [3.05, 3.63) is 41.9 Å². The number of aryl methyl sites for hydroxylation is 1. The van der Waals surface area contributed by atoms with Crippen LogP contribution < -0.4 is 5.32 Å². The van der Waals surface area contributed by atoms with Gasteiger partial charge >= 0.3 is 6.18 Å². The lowest BCUT2D eigenvalue weighted by molar-refractivity contribution is -0.158. The maximum Gasteiger partial charge on any atom is 0.408 e. The van der Waals surface area contributed by atoms with E-state index >= 15 is 0 Å². The van der Waals surface area contributed by atoms with Crippen LogP contribution in [-0.4, -0.2) is 32.5 Å². The summed E-state index contributed by atoms with van der Waals surface area (Å²) in [5, 5.41) is 2.13. The van der Waals surface area contributed by atoms with E-state index in [9.17, 15) is 18.0 Å². The number of hydrogen-bond acceptors (Lipinski definition) is 6. The Kier molecular flexibility index (Phi) is 4.28. The number of para-hydroxylation sites is 1. The van der Waals surface area contributed by atoms with Crippen molar-refractivity contribution < 1.29 is 22.4 Å². The van der Waals surface area contributed by atoms with Crippen LogP contribution in [-0.2, 0) is 0 Å². The fraction of sp³-hybridized carbons (Fsp3) is 0.300. The number of pyridine rings is 1. The number of fused-ring (bicyclic) bond motifs is 2. The van der Waals surface area contributed by atoms with Crippen molar-refractivity contribution in [2.75, 3.05) is 0 Å². The lowest BCUT2D eigenvalue weighted by Gasteiger charge is -2.20. The fourth-order valence-electron chi connectivity index (χ4n) is 3.56. The molecule has 0 aliphatic heterocycles. The minimum absolute atomic E-state index is 0.0952. The van der Waals surface area contributed by atoms with Gasteiger partial charge in [-0.05, 0) is 54.9 Å². The van der Waals surface area contributed by atoms with E-state index in [1.165, 1.54) is 6.39 Å². The lowest BCUT2D eigenvalue weighted by Crippen LogP contribution is -2.47. The molecule has 4 aromatic rings. The van der Waals surface area contributed by atoms with E-state index in [1.807, 2.05) is 19.1 Å². The number of carbonyl (C=O) groups is 1. The molecule has 0 radical (unpaired) electrons. The number of nitrogens with one attached hydrogen (secondary N) is 1. The zero-order valence-corrected chi connectivity index (χ0v) is 16.5. The largest absolute Gasteiger partial charge is 0.443 e. The first kappa shape index (κ1) is 19.0. The van der Waals surface area contributed by atoms with Crippen LogP contribution in [0.2, 0.25) is 0 Å². The van der Waals surface area contributed by atoms with Gasteiger partial charge in [-0.15, -0.1) is 0 Å². The minimum Gasteiger partial charge on any atom is -0.443 e. The molecule has 0 spiro atoms. The van der Waals surface area contributed by atoms with Gasteiger partial charge in [0.1, 0.15) is 17.1 Å². The molecule has 1 fully saturated rings. The summed E-state index contributed by atoms with van der Waals surface area (Å²) in [7, 11) is 0. The van der Waals surface area contributed by atoms with Crippen LogP contribution in [0.4, 0.5) is 13.2 Å². The Labute approximate surface area is 172 Å². The van der Waals surface area contributed by atoms with Crippen LogP contribution in [0.1, 0.15) is 28.9 Å². The number of alkyl halides is 3. The van der Waals surface area contributed by atoms with Crippen LogP contribution >= 0.6 is 11.5 Å². The first-order valence-electron chi connectivity index (χ1n) is 9.30. The van der Waals surface area contributed by atoms with Crippen molar-refractivity contribution in [1.29, 1.82) is 0 Å². The third kappa shape index (κ3) is 3.20. The number of amides is 1. The van der Waals surface area contributed by atoms with Crippen molar-refractivity contribution in [1.82, 2.24) is 19.7 Å². The summed E-state index contributed by atoms with van der Waals surface area (Å²) in [5.74, 6) is -1.44. The summed E-state index contributed by atoms with van der Waals surface area (Å²) in [4.78, 5) is 21.5. The molecule has 5 rings (SSSR count). The zero-order valence-electron chi connectivity index (χ0n) is 15.7. The van der Waals surface area contributed by atoms with Gasteiger partial charge < -0.3 is 9.73 Å². The van der Waals surface area contributed by atoms with E-state index in [4.69, 9.17) is 4.42 Å². The molecule has 30 heavy (non-hydrogen) atoms. The predicted molar refractivity (Wildman–Crippen MR) is 105 cm³/mol. The van der Waals surface area contributed by atoms with Crippen molar-refractivity contribution in [3.63, 3.8) is 0 Å². The highest BCUT2D eigenvalue weighted by molar-refractivity contribution is 7.13. The quantitative estimate of drug-likeness (QED) is 0.497. The van der Waals surface area contributed by atoms with Crippen molar-refractivity contribution in [2.24, 2.45) is 5.92 Å². The maximum atomic E-state index is 13.3. The SMILES string of the molecule is Cc1cc(-c2cccc3ocnc23)nc2c(C(=O)NC(C3CC3)C(F)(F)F)nsc12. The van der Waals surface area contributed by atoms with Crippen molar-refractivity contribution in [2.45, 2.75) is 32.0 Å². The molecular weight excluding hydrogens is 417 g/mol. The van der Waals surface area contributed by atoms with Gasteiger partial charge in [0.25, 0.3) is 5.91 Å². The average molecular weight is 432 g/mol. The maximum absolute atomic E-state index is 13.3. The lowest BCUT2D eigenvalue weighted by atomic mass is 10.1. The molecule has 10 heteroatoms. The van der Waals surface area contributed by atoms with E-state index < -0.39 is 24.0 Å². The Bertz CT molecular complexity index is 1280. The third-order valence-corrected chi connectivity index (χ3v) is 6.17. The Balaban J connectivity index is 1.57. The van der Waals surface area contributed by atoms with E-state index in [-0.39, 0.29) is 11.2 Å². The van der Waals surface area contributed by atoms with Gasteiger partial charge in [0.05, 0.1) is 10.4 Å². The normalized spacial score (nSPS) is 15.6.